The summed E-state index contributed by atoms with van der Waals surface area (Å²) >= 11 is 0. The van der Waals surface area contributed by atoms with E-state index in [1.54, 1.807) is 26.0 Å². The van der Waals surface area contributed by atoms with E-state index in [9.17, 15) is 13.9 Å². The van der Waals surface area contributed by atoms with Gasteiger partial charge in [-0.25, -0.2) is 14.4 Å². The van der Waals surface area contributed by atoms with Crippen molar-refractivity contribution >= 4 is 16.7 Å². The Morgan fingerprint density at radius 3 is 2.46 bits per heavy atom. The van der Waals surface area contributed by atoms with Crippen molar-refractivity contribution in [2.24, 2.45) is 0 Å². The van der Waals surface area contributed by atoms with Gasteiger partial charge < -0.3 is 19.9 Å². The van der Waals surface area contributed by atoms with Crippen LogP contribution in [-0.2, 0) is 10.7 Å². The molecule has 6 nitrogen and oxygen atoms in total. The van der Waals surface area contributed by atoms with Crippen LogP contribution in [-0.4, -0.2) is 40.0 Å². The number of nitrogens with one attached hydrogen (secondary N) is 1. The van der Waals surface area contributed by atoms with E-state index in [0.29, 0.717) is 40.5 Å². The summed E-state index contributed by atoms with van der Waals surface area (Å²) < 4.78 is 56.2. The highest BCUT2D eigenvalue weighted by Crippen LogP contribution is 2.41. The summed E-state index contributed by atoms with van der Waals surface area (Å²) in [6.07, 6.45) is 5.74. The van der Waals surface area contributed by atoms with Crippen LogP contribution in [0.5, 0.6) is 5.75 Å². The van der Waals surface area contributed by atoms with Gasteiger partial charge in [0.25, 0.3) is 0 Å². The third kappa shape index (κ3) is 6.14. The summed E-state index contributed by atoms with van der Waals surface area (Å²) in [6.45, 7) is 9.70. The minimum Gasteiger partial charge on any atom is -0.490 e. The van der Waals surface area contributed by atoms with Crippen LogP contribution in [0.2, 0.25) is 0 Å². The van der Waals surface area contributed by atoms with Crippen LogP contribution in [0.4, 0.5) is 19.0 Å². The van der Waals surface area contributed by atoms with Crippen molar-refractivity contribution in [3.8, 4) is 18.1 Å². The third-order valence-electron chi connectivity index (χ3n) is 5.81. The van der Waals surface area contributed by atoms with E-state index in [-0.39, 0.29) is 18.3 Å². The van der Waals surface area contributed by atoms with E-state index in [1.165, 1.54) is 12.1 Å². The summed E-state index contributed by atoms with van der Waals surface area (Å²) in [4.78, 5) is 8.91. The van der Waals surface area contributed by atoms with Crippen molar-refractivity contribution in [3.05, 3.63) is 58.7 Å². The Balaban J connectivity index is 1.99. The molecular weight excluding hydrogens is 483 g/mol. The minimum absolute atomic E-state index is 0.00612. The normalized spacial score (nSPS) is 13.0. The van der Waals surface area contributed by atoms with Gasteiger partial charge in [-0.15, -0.1) is 6.42 Å². The zero-order valence-electron chi connectivity index (χ0n) is 21.8. The quantitative estimate of drug-likeness (QED) is 0.259. The number of aryl methyl sites for hydroxylation is 1. The second-order valence-corrected chi connectivity index (χ2v) is 9.61. The molecule has 0 aliphatic heterocycles. The van der Waals surface area contributed by atoms with E-state index in [1.807, 2.05) is 13.8 Å². The number of nitrogens with zero attached hydrogens (tertiary/aromatic N) is 2. The summed E-state index contributed by atoms with van der Waals surface area (Å²) in [7, 11) is 0. The Labute approximate surface area is 215 Å². The fourth-order valence-electron chi connectivity index (χ4n) is 3.79. The maximum absolute atomic E-state index is 15.3. The molecule has 1 heterocycles. The van der Waals surface area contributed by atoms with Gasteiger partial charge in [0, 0.05) is 10.9 Å². The largest absolute Gasteiger partial charge is 0.490 e. The molecule has 0 saturated heterocycles. The van der Waals surface area contributed by atoms with Crippen molar-refractivity contribution in [2.45, 2.75) is 65.2 Å². The average molecular weight is 516 g/mol. The van der Waals surface area contributed by atoms with Gasteiger partial charge in [-0.2, -0.15) is 8.78 Å². The van der Waals surface area contributed by atoms with Crippen LogP contribution in [0.3, 0.4) is 0 Å². The number of fused-ring (bicyclic) bond motifs is 1. The second kappa shape index (κ2) is 11.0. The first-order valence-electron chi connectivity index (χ1n) is 11.9. The van der Waals surface area contributed by atoms with Crippen LogP contribution in [0, 0.1) is 25.1 Å². The van der Waals surface area contributed by atoms with Gasteiger partial charge in [0.15, 0.2) is 0 Å². The number of halogens is 3. The number of anilines is 1. The lowest BCUT2D eigenvalue weighted by Crippen LogP contribution is -2.41. The molecular formula is C28H32F3N3O3. The number of alkyl halides is 2. The molecule has 0 unspecified atom stereocenters. The van der Waals surface area contributed by atoms with Gasteiger partial charge in [-0.1, -0.05) is 18.1 Å². The minimum atomic E-state index is -3.80. The predicted octanol–water partition coefficient (Wildman–Crippen LogP) is 5.90. The Hall–Kier alpha value is -3.35. The highest BCUT2D eigenvalue weighted by Gasteiger charge is 2.49. The summed E-state index contributed by atoms with van der Waals surface area (Å²) in [5.41, 5.74) is -2.29. The molecule has 198 valence electrons. The average Bonchev–Trinajstić information content (AvgIpc) is 2.80. The molecule has 3 rings (SSSR count). The topological polar surface area (TPSA) is 76.5 Å². The predicted molar refractivity (Wildman–Crippen MR) is 137 cm³/mol. The lowest BCUT2D eigenvalue weighted by atomic mass is 9.91. The van der Waals surface area contributed by atoms with E-state index < -0.39 is 28.9 Å². The SMILES string of the molecule is C#Cc1cc2nc(C)nc(N[C@H](C)c3cccc(C(F)(F)C(C)(C)O)c3F)c2cc1OCCOC(C)C. The smallest absolute Gasteiger partial charge is 0.303 e. The number of rotatable bonds is 10. The molecule has 0 aliphatic rings. The zero-order chi connectivity index (χ0) is 27.5. The molecule has 1 aromatic heterocycles. The molecule has 0 radical (unpaired) electrons. The molecule has 2 aromatic carbocycles. The molecule has 0 aliphatic carbocycles. The summed E-state index contributed by atoms with van der Waals surface area (Å²) in [5.74, 6) is -1.08. The Morgan fingerprint density at radius 1 is 1.14 bits per heavy atom. The van der Waals surface area contributed by atoms with Crippen molar-refractivity contribution in [1.29, 1.82) is 0 Å². The molecule has 0 fully saturated rings. The highest BCUT2D eigenvalue weighted by atomic mass is 19.3. The van der Waals surface area contributed by atoms with Gasteiger partial charge in [0.05, 0.1) is 35.4 Å². The number of benzene rings is 2. The molecule has 37 heavy (non-hydrogen) atoms. The number of aromatic nitrogens is 2. The van der Waals surface area contributed by atoms with Crippen LogP contribution in [0.25, 0.3) is 10.9 Å². The van der Waals surface area contributed by atoms with E-state index in [4.69, 9.17) is 15.9 Å². The van der Waals surface area contributed by atoms with Gasteiger partial charge >= 0.3 is 5.92 Å². The van der Waals surface area contributed by atoms with Gasteiger partial charge in [-0.05, 0) is 59.7 Å². The molecule has 0 saturated carbocycles. The Morgan fingerprint density at radius 2 is 1.84 bits per heavy atom. The number of hydrogen-bond acceptors (Lipinski definition) is 6. The molecule has 9 heteroatoms. The molecule has 0 spiro atoms. The zero-order valence-corrected chi connectivity index (χ0v) is 21.8. The third-order valence-corrected chi connectivity index (χ3v) is 5.81. The van der Waals surface area contributed by atoms with Crippen molar-refractivity contribution in [2.75, 3.05) is 18.5 Å². The van der Waals surface area contributed by atoms with Crippen LogP contribution >= 0.6 is 0 Å². The van der Waals surface area contributed by atoms with Crippen molar-refractivity contribution < 1.29 is 27.8 Å². The maximum atomic E-state index is 15.3. The fourth-order valence-corrected chi connectivity index (χ4v) is 3.79. The van der Waals surface area contributed by atoms with E-state index in [0.717, 1.165) is 19.9 Å². The number of terminal acetylenes is 1. The summed E-state index contributed by atoms with van der Waals surface area (Å²) in [6, 6.07) is 6.35. The fraction of sp³-hybridized carbons (Fsp3) is 0.429. The van der Waals surface area contributed by atoms with Gasteiger partial charge in [0.1, 0.15) is 35.4 Å². The van der Waals surface area contributed by atoms with Crippen molar-refractivity contribution in [1.82, 2.24) is 9.97 Å². The lowest BCUT2D eigenvalue weighted by Gasteiger charge is -2.30. The van der Waals surface area contributed by atoms with Crippen LogP contribution < -0.4 is 10.1 Å². The van der Waals surface area contributed by atoms with Gasteiger partial charge in [-0.3, -0.25) is 0 Å². The number of ether oxygens (including phenoxy) is 2. The molecule has 1 atom stereocenters. The highest BCUT2D eigenvalue weighted by molar-refractivity contribution is 5.92. The summed E-state index contributed by atoms with van der Waals surface area (Å²) in [5, 5.41) is 13.6. The first kappa shape index (κ1) is 28.2. The Kier molecular flexibility index (Phi) is 8.35. The molecule has 0 bridgehead atoms. The second-order valence-electron chi connectivity index (χ2n) is 9.61. The molecule has 0 amide bonds. The van der Waals surface area contributed by atoms with E-state index in [2.05, 4.69) is 21.2 Å². The Bertz CT molecular complexity index is 1310. The molecule has 2 N–H and O–H groups in total. The standard InChI is InChI=1S/C28H32F3N3O3/c1-8-19-14-23-21(15-24(19)37-13-12-36-16(2)3)26(34-18(5)33-23)32-17(4)20-10-9-11-22(25(20)29)28(30,31)27(6,7)35/h1,9-11,14-17,35H,12-13H2,2-7H3,(H,32,33,34)/t17-/m1/s1. The monoisotopic (exact) mass is 515 g/mol. The lowest BCUT2D eigenvalue weighted by molar-refractivity contribution is -0.170. The first-order valence-corrected chi connectivity index (χ1v) is 11.9. The van der Waals surface area contributed by atoms with Crippen molar-refractivity contribution in [3.63, 3.8) is 0 Å². The van der Waals surface area contributed by atoms with E-state index >= 15 is 4.39 Å². The number of aliphatic hydroxyl groups is 1. The molecule has 3 aromatic rings. The van der Waals surface area contributed by atoms with Crippen LogP contribution in [0.1, 0.15) is 63.2 Å². The maximum Gasteiger partial charge on any atom is 0.303 e. The number of hydrogen-bond donors (Lipinski definition) is 2. The van der Waals surface area contributed by atoms with Gasteiger partial charge in [0.2, 0.25) is 0 Å². The van der Waals surface area contributed by atoms with Crippen LogP contribution in [0.15, 0.2) is 30.3 Å². The first-order chi connectivity index (χ1) is 17.3.